The van der Waals surface area contributed by atoms with Gasteiger partial charge in [0.1, 0.15) is 6.61 Å². The Kier molecular flexibility index (Phi) is 6.25. The molecule has 2 atom stereocenters. The zero-order valence-corrected chi connectivity index (χ0v) is 15.9. The molecule has 0 spiro atoms. The average molecular weight is 383 g/mol. The molecule has 2 amide bonds. The van der Waals surface area contributed by atoms with Gasteiger partial charge in [-0.25, -0.2) is 0 Å². The summed E-state index contributed by atoms with van der Waals surface area (Å²) in [6, 6.07) is 7.87. The summed E-state index contributed by atoms with van der Waals surface area (Å²) in [5.74, 6) is 1.74. The number of methoxy groups -OCH3 is 1. The van der Waals surface area contributed by atoms with Crippen molar-refractivity contribution in [3.63, 3.8) is 0 Å². The van der Waals surface area contributed by atoms with Crippen molar-refractivity contribution >= 4 is 35.2 Å². The standard InChI is InChI=1S/C18H23ClN2O3S/c1-24-10-17(22)21-7-6-13-8-20(9-16(13)21)18(23)12-25-11-14-4-2-3-5-15(14)19/h2-5,13,16H,6-12H2,1H3/t13-,16+/m1/s1. The van der Waals surface area contributed by atoms with Crippen LogP contribution in [0.3, 0.4) is 0 Å². The molecule has 0 unspecified atom stereocenters. The van der Waals surface area contributed by atoms with E-state index in [0.29, 0.717) is 18.2 Å². The molecule has 136 valence electrons. The molecule has 0 saturated carbocycles. The summed E-state index contributed by atoms with van der Waals surface area (Å²) in [5.41, 5.74) is 1.05. The fourth-order valence-corrected chi connectivity index (χ4v) is 4.85. The summed E-state index contributed by atoms with van der Waals surface area (Å²) >= 11 is 7.73. The van der Waals surface area contributed by atoms with Gasteiger partial charge in [0.2, 0.25) is 11.8 Å². The van der Waals surface area contributed by atoms with Gasteiger partial charge in [-0.2, -0.15) is 0 Å². The van der Waals surface area contributed by atoms with Crippen molar-refractivity contribution in [1.82, 2.24) is 9.80 Å². The SMILES string of the molecule is COCC(=O)N1CC[C@@H]2CN(C(=O)CSCc3ccccc3Cl)C[C@@H]21. The molecule has 0 aromatic heterocycles. The Labute approximate surface area is 157 Å². The molecule has 0 radical (unpaired) electrons. The normalized spacial score (nSPS) is 22.3. The van der Waals surface area contributed by atoms with E-state index in [1.165, 1.54) is 7.11 Å². The number of ether oxygens (including phenoxy) is 1. The Hall–Kier alpha value is -1.24. The first kappa shape index (κ1) is 18.5. The van der Waals surface area contributed by atoms with Crippen LogP contribution in [0.15, 0.2) is 24.3 Å². The molecule has 25 heavy (non-hydrogen) atoms. The average Bonchev–Trinajstić information content (AvgIpc) is 3.17. The molecule has 5 nitrogen and oxygen atoms in total. The second-order valence-corrected chi connectivity index (χ2v) is 7.91. The zero-order valence-electron chi connectivity index (χ0n) is 14.3. The van der Waals surface area contributed by atoms with Gasteiger partial charge in [-0.05, 0) is 18.1 Å². The van der Waals surface area contributed by atoms with Crippen molar-refractivity contribution in [1.29, 1.82) is 0 Å². The highest BCUT2D eigenvalue weighted by molar-refractivity contribution is 7.99. The predicted molar refractivity (Wildman–Crippen MR) is 99.7 cm³/mol. The number of nitrogens with zero attached hydrogens (tertiary/aromatic N) is 2. The van der Waals surface area contributed by atoms with Gasteiger partial charge < -0.3 is 14.5 Å². The highest BCUT2D eigenvalue weighted by Gasteiger charge is 2.44. The molecule has 2 saturated heterocycles. The van der Waals surface area contributed by atoms with Crippen molar-refractivity contribution in [3.8, 4) is 0 Å². The van der Waals surface area contributed by atoms with Gasteiger partial charge in [-0.3, -0.25) is 9.59 Å². The zero-order chi connectivity index (χ0) is 17.8. The van der Waals surface area contributed by atoms with E-state index in [1.807, 2.05) is 34.1 Å². The Morgan fingerprint density at radius 1 is 1.28 bits per heavy atom. The molecule has 3 rings (SSSR count). The maximum atomic E-state index is 12.5. The molecule has 2 heterocycles. The van der Waals surface area contributed by atoms with Gasteiger partial charge >= 0.3 is 0 Å². The molecule has 2 aliphatic heterocycles. The first-order chi connectivity index (χ1) is 12.1. The van der Waals surface area contributed by atoms with Crippen LogP contribution in [0.5, 0.6) is 0 Å². The lowest BCUT2D eigenvalue weighted by Crippen LogP contribution is -2.42. The maximum absolute atomic E-state index is 12.5. The highest BCUT2D eigenvalue weighted by atomic mass is 35.5. The highest BCUT2D eigenvalue weighted by Crippen LogP contribution is 2.32. The lowest BCUT2D eigenvalue weighted by atomic mass is 10.1. The van der Waals surface area contributed by atoms with Crippen LogP contribution in [0.2, 0.25) is 5.02 Å². The summed E-state index contributed by atoms with van der Waals surface area (Å²) in [6.07, 6.45) is 0.969. The first-order valence-electron chi connectivity index (χ1n) is 8.47. The maximum Gasteiger partial charge on any atom is 0.248 e. The van der Waals surface area contributed by atoms with Crippen molar-refractivity contribution in [3.05, 3.63) is 34.9 Å². The number of benzene rings is 1. The summed E-state index contributed by atoms with van der Waals surface area (Å²) in [7, 11) is 1.53. The number of amides is 2. The van der Waals surface area contributed by atoms with Gasteiger partial charge in [0.25, 0.3) is 0 Å². The summed E-state index contributed by atoms with van der Waals surface area (Å²) in [5, 5.41) is 0.741. The number of halogens is 1. The summed E-state index contributed by atoms with van der Waals surface area (Å²) in [6.45, 7) is 2.30. The van der Waals surface area contributed by atoms with Crippen molar-refractivity contribution in [2.45, 2.75) is 18.2 Å². The molecule has 0 N–H and O–H groups in total. The minimum absolute atomic E-state index is 0.0254. The van der Waals surface area contributed by atoms with Crippen molar-refractivity contribution in [2.24, 2.45) is 5.92 Å². The quantitative estimate of drug-likeness (QED) is 0.757. The van der Waals surface area contributed by atoms with Gasteiger partial charge in [0.05, 0.1) is 11.8 Å². The Morgan fingerprint density at radius 2 is 2.08 bits per heavy atom. The van der Waals surface area contributed by atoms with Crippen LogP contribution < -0.4 is 0 Å². The van der Waals surface area contributed by atoms with Gasteiger partial charge in [-0.1, -0.05) is 29.8 Å². The fraction of sp³-hybridized carbons (Fsp3) is 0.556. The Bertz CT molecular complexity index is 643. The molecule has 1 aromatic rings. The van der Waals surface area contributed by atoms with Gasteiger partial charge in [0, 0.05) is 43.4 Å². The number of carbonyl (C=O) groups excluding carboxylic acids is 2. The van der Waals surface area contributed by atoms with Crippen LogP contribution >= 0.6 is 23.4 Å². The smallest absolute Gasteiger partial charge is 0.248 e. The molecule has 7 heteroatoms. The number of rotatable bonds is 6. The van der Waals surface area contributed by atoms with E-state index in [-0.39, 0.29) is 24.5 Å². The van der Waals surface area contributed by atoms with Crippen LogP contribution in [-0.4, -0.2) is 66.8 Å². The van der Waals surface area contributed by atoms with E-state index in [0.717, 1.165) is 35.8 Å². The third-order valence-corrected chi connectivity index (χ3v) is 6.26. The second kappa shape index (κ2) is 8.43. The fourth-order valence-electron chi connectivity index (χ4n) is 3.64. The van der Waals surface area contributed by atoms with E-state index < -0.39 is 0 Å². The molecular weight excluding hydrogens is 360 g/mol. The summed E-state index contributed by atoms with van der Waals surface area (Å²) < 4.78 is 4.96. The van der Waals surface area contributed by atoms with Crippen molar-refractivity contribution < 1.29 is 14.3 Å². The van der Waals surface area contributed by atoms with Gasteiger partial charge in [-0.15, -0.1) is 11.8 Å². The van der Waals surface area contributed by atoms with Crippen LogP contribution in [-0.2, 0) is 20.1 Å². The van der Waals surface area contributed by atoms with E-state index in [9.17, 15) is 9.59 Å². The predicted octanol–water partition coefficient (Wildman–Crippen LogP) is 2.28. The van der Waals surface area contributed by atoms with E-state index >= 15 is 0 Å². The number of fused-ring (bicyclic) bond motifs is 1. The van der Waals surface area contributed by atoms with E-state index in [2.05, 4.69) is 0 Å². The Balaban J connectivity index is 1.48. The number of likely N-dealkylation sites (tertiary alicyclic amines) is 2. The number of carbonyl (C=O) groups is 2. The van der Waals surface area contributed by atoms with Crippen LogP contribution in [0.4, 0.5) is 0 Å². The lowest BCUT2D eigenvalue weighted by molar-refractivity contribution is -0.137. The molecule has 2 fully saturated rings. The van der Waals surface area contributed by atoms with Gasteiger partial charge in [0.15, 0.2) is 0 Å². The van der Waals surface area contributed by atoms with E-state index in [4.69, 9.17) is 16.3 Å². The Morgan fingerprint density at radius 3 is 2.84 bits per heavy atom. The van der Waals surface area contributed by atoms with Crippen LogP contribution in [0, 0.1) is 5.92 Å². The third kappa shape index (κ3) is 4.30. The minimum atomic E-state index is 0.0254. The third-order valence-electron chi connectivity index (χ3n) is 4.93. The monoisotopic (exact) mass is 382 g/mol. The molecule has 2 aliphatic rings. The first-order valence-corrected chi connectivity index (χ1v) is 10.0. The number of thioether (sulfide) groups is 1. The van der Waals surface area contributed by atoms with Crippen molar-refractivity contribution in [2.75, 3.05) is 39.1 Å². The van der Waals surface area contributed by atoms with Crippen LogP contribution in [0.1, 0.15) is 12.0 Å². The lowest BCUT2D eigenvalue weighted by Gasteiger charge is -2.24. The molecule has 0 bridgehead atoms. The summed E-state index contributed by atoms with van der Waals surface area (Å²) in [4.78, 5) is 28.4. The largest absolute Gasteiger partial charge is 0.375 e. The number of hydrogen-bond donors (Lipinski definition) is 0. The molecule has 0 aliphatic carbocycles. The minimum Gasteiger partial charge on any atom is -0.375 e. The molecular formula is C18H23ClN2O3S. The second-order valence-electron chi connectivity index (χ2n) is 6.52. The van der Waals surface area contributed by atoms with Crippen LogP contribution in [0.25, 0.3) is 0 Å². The number of hydrogen-bond acceptors (Lipinski definition) is 4. The topological polar surface area (TPSA) is 49.9 Å². The van der Waals surface area contributed by atoms with E-state index in [1.54, 1.807) is 11.8 Å². The molecule has 1 aromatic carbocycles.